The number of nitrogens with zero attached hydrogens (tertiary/aromatic N) is 2. The van der Waals surface area contributed by atoms with Gasteiger partial charge < -0.3 is 5.11 Å². The maximum absolute atomic E-state index is 13.7. The Morgan fingerprint density at radius 1 is 1.20 bits per heavy atom. The van der Waals surface area contributed by atoms with Gasteiger partial charge in [-0.05, 0) is 13.8 Å². The number of aryl methyl sites for hydroxylation is 1. The lowest BCUT2D eigenvalue weighted by atomic mass is 10.1. The van der Waals surface area contributed by atoms with E-state index >= 15 is 0 Å². The molecule has 0 fully saturated rings. The second-order valence-corrected chi connectivity index (χ2v) is 4.35. The maximum Gasteiger partial charge on any atom is 0.307 e. The largest absolute Gasteiger partial charge is 0.481 e. The van der Waals surface area contributed by atoms with Crippen LogP contribution in [0.3, 0.4) is 0 Å². The number of carboxylic acids is 1. The highest BCUT2D eigenvalue weighted by Gasteiger charge is 2.19. The maximum atomic E-state index is 13.7. The van der Waals surface area contributed by atoms with Crippen LogP contribution in [0.1, 0.15) is 17.0 Å². The van der Waals surface area contributed by atoms with Gasteiger partial charge in [-0.3, -0.25) is 4.79 Å². The monoisotopic (exact) mass is 284 g/mol. The van der Waals surface area contributed by atoms with Crippen LogP contribution in [0.25, 0.3) is 5.69 Å². The molecule has 20 heavy (non-hydrogen) atoms. The van der Waals surface area contributed by atoms with E-state index in [1.807, 2.05) is 0 Å². The Hall–Kier alpha value is -2.31. The van der Waals surface area contributed by atoms with Crippen molar-refractivity contribution in [1.82, 2.24) is 9.78 Å². The lowest BCUT2D eigenvalue weighted by Crippen LogP contribution is -2.06. The smallest absolute Gasteiger partial charge is 0.307 e. The van der Waals surface area contributed by atoms with E-state index in [1.165, 1.54) is 0 Å². The van der Waals surface area contributed by atoms with Crippen LogP contribution in [0, 0.1) is 31.3 Å². The molecule has 7 heteroatoms. The number of aliphatic carboxylic acids is 1. The highest BCUT2D eigenvalue weighted by Crippen LogP contribution is 2.22. The zero-order valence-electron chi connectivity index (χ0n) is 10.7. The predicted molar refractivity (Wildman–Crippen MR) is 64.3 cm³/mol. The summed E-state index contributed by atoms with van der Waals surface area (Å²) in [5.74, 6) is -4.52. The molecule has 1 aromatic carbocycles. The van der Waals surface area contributed by atoms with Crippen LogP contribution in [0.2, 0.25) is 0 Å². The second-order valence-electron chi connectivity index (χ2n) is 4.35. The third-order valence-electron chi connectivity index (χ3n) is 2.99. The molecule has 0 atom stereocenters. The first-order valence-corrected chi connectivity index (χ1v) is 5.73. The molecule has 0 unspecified atom stereocenters. The molecule has 0 aliphatic rings. The van der Waals surface area contributed by atoms with Gasteiger partial charge in [0.25, 0.3) is 0 Å². The second kappa shape index (κ2) is 4.99. The summed E-state index contributed by atoms with van der Waals surface area (Å²) >= 11 is 0. The Labute approximate surface area is 112 Å². The fraction of sp³-hybridized carbons (Fsp3) is 0.231. The average molecular weight is 284 g/mol. The Morgan fingerprint density at radius 3 is 2.40 bits per heavy atom. The van der Waals surface area contributed by atoms with Crippen molar-refractivity contribution >= 4 is 5.97 Å². The van der Waals surface area contributed by atoms with Crippen LogP contribution in [0.5, 0.6) is 0 Å². The molecule has 2 rings (SSSR count). The first-order valence-electron chi connectivity index (χ1n) is 5.73. The van der Waals surface area contributed by atoms with Crippen LogP contribution in [0.4, 0.5) is 13.2 Å². The fourth-order valence-corrected chi connectivity index (χ4v) is 1.99. The van der Waals surface area contributed by atoms with E-state index < -0.39 is 23.4 Å². The van der Waals surface area contributed by atoms with Gasteiger partial charge in [0, 0.05) is 23.4 Å². The van der Waals surface area contributed by atoms with E-state index in [4.69, 9.17) is 5.11 Å². The van der Waals surface area contributed by atoms with Crippen molar-refractivity contribution in [3.8, 4) is 5.69 Å². The number of halogens is 3. The van der Waals surface area contributed by atoms with Crippen molar-refractivity contribution in [2.24, 2.45) is 0 Å². The molecule has 0 saturated carbocycles. The average Bonchev–Trinajstić information content (AvgIpc) is 2.61. The molecule has 4 nitrogen and oxygen atoms in total. The van der Waals surface area contributed by atoms with E-state index in [2.05, 4.69) is 5.10 Å². The van der Waals surface area contributed by atoms with Gasteiger partial charge in [0.15, 0.2) is 17.5 Å². The SMILES string of the molecule is Cc1nn(-c2cc(F)c(F)cc2F)c(C)c1CC(=O)O. The molecule has 1 aromatic heterocycles. The summed E-state index contributed by atoms with van der Waals surface area (Å²) in [4.78, 5) is 10.8. The fourth-order valence-electron chi connectivity index (χ4n) is 1.99. The van der Waals surface area contributed by atoms with Gasteiger partial charge in [0.05, 0.1) is 12.1 Å². The lowest BCUT2D eigenvalue weighted by Gasteiger charge is -2.07. The number of hydrogen-bond donors (Lipinski definition) is 1. The third-order valence-corrected chi connectivity index (χ3v) is 2.99. The number of aromatic nitrogens is 2. The summed E-state index contributed by atoms with van der Waals surface area (Å²) in [5, 5.41) is 12.8. The molecule has 0 saturated heterocycles. The van der Waals surface area contributed by atoms with Gasteiger partial charge in [-0.2, -0.15) is 5.10 Å². The van der Waals surface area contributed by atoms with Crippen molar-refractivity contribution in [3.05, 3.63) is 46.5 Å². The van der Waals surface area contributed by atoms with Crippen molar-refractivity contribution in [2.75, 3.05) is 0 Å². The number of carbonyl (C=O) groups is 1. The van der Waals surface area contributed by atoms with Crippen molar-refractivity contribution in [3.63, 3.8) is 0 Å². The summed E-state index contributed by atoms with van der Waals surface area (Å²) < 4.78 is 40.9. The standard InChI is InChI=1S/C13H11F3N2O2/c1-6-8(3-13(19)20)7(2)18(17-6)12-5-10(15)9(14)4-11(12)16/h4-5H,3H2,1-2H3,(H,19,20). The molecule has 2 aromatic rings. The van der Waals surface area contributed by atoms with Crippen molar-refractivity contribution in [2.45, 2.75) is 20.3 Å². The van der Waals surface area contributed by atoms with Gasteiger partial charge in [-0.15, -0.1) is 0 Å². The van der Waals surface area contributed by atoms with E-state index in [1.54, 1.807) is 13.8 Å². The summed E-state index contributed by atoms with van der Waals surface area (Å²) in [6, 6.07) is 1.12. The van der Waals surface area contributed by atoms with Gasteiger partial charge >= 0.3 is 5.97 Å². The van der Waals surface area contributed by atoms with E-state index in [0.29, 0.717) is 29.1 Å². The first-order chi connectivity index (χ1) is 9.31. The lowest BCUT2D eigenvalue weighted by molar-refractivity contribution is -0.136. The van der Waals surface area contributed by atoms with E-state index in [-0.39, 0.29) is 12.1 Å². The topological polar surface area (TPSA) is 55.1 Å². The van der Waals surface area contributed by atoms with Gasteiger partial charge in [0.1, 0.15) is 5.69 Å². The molecule has 1 N–H and O–H groups in total. The minimum absolute atomic E-state index is 0.263. The van der Waals surface area contributed by atoms with Crippen LogP contribution in [-0.4, -0.2) is 20.9 Å². The number of benzene rings is 1. The zero-order valence-corrected chi connectivity index (χ0v) is 10.7. The third kappa shape index (κ3) is 2.38. The van der Waals surface area contributed by atoms with Crippen LogP contribution >= 0.6 is 0 Å². The normalized spacial score (nSPS) is 10.8. The quantitative estimate of drug-likeness (QED) is 0.881. The van der Waals surface area contributed by atoms with Crippen molar-refractivity contribution in [1.29, 1.82) is 0 Å². The molecule has 0 aliphatic heterocycles. The van der Waals surface area contributed by atoms with E-state index in [9.17, 15) is 18.0 Å². The van der Waals surface area contributed by atoms with Crippen molar-refractivity contribution < 1.29 is 23.1 Å². The molecule has 0 spiro atoms. The molecule has 106 valence electrons. The van der Waals surface area contributed by atoms with Gasteiger partial charge in [-0.1, -0.05) is 0 Å². The van der Waals surface area contributed by atoms with E-state index in [0.717, 1.165) is 4.68 Å². The molecule has 1 heterocycles. The predicted octanol–water partition coefficient (Wildman–Crippen LogP) is 2.53. The summed E-state index contributed by atoms with van der Waals surface area (Å²) in [7, 11) is 0. The van der Waals surface area contributed by atoms with Crippen LogP contribution in [0.15, 0.2) is 12.1 Å². The zero-order chi connectivity index (χ0) is 15.0. The Kier molecular flexibility index (Phi) is 3.52. The van der Waals surface area contributed by atoms with Gasteiger partial charge in [0.2, 0.25) is 0 Å². The Morgan fingerprint density at radius 2 is 1.80 bits per heavy atom. The number of rotatable bonds is 3. The Bertz CT molecular complexity index is 695. The first kappa shape index (κ1) is 14.1. The number of carboxylic acid groups (broad SMARTS) is 1. The molecule has 0 amide bonds. The van der Waals surface area contributed by atoms with Crippen LogP contribution < -0.4 is 0 Å². The molecule has 0 bridgehead atoms. The molecular weight excluding hydrogens is 273 g/mol. The Balaban J connectivity index is 2.60. The molecule has 0 radical (unpaired) electrons. The summed E-state index contributed by atoms with van der Waals surface area (Å²) in [6.45, 7) is 3.11. The van der Waals surface area contributed by atoms with Crippen LogP contribution in [-0.2, 0) is 11.2 Å². The minimum atomic E-state index is -1.29. The summed E-state index contributed by atoms with van der Waals surface area (Å²) in [5.41, 5.74) is 0.923. The van der Waals surface area contributed by atoms with Gasteiger partial charge in [-0.25, -0.2) is 17.9 Å². The number of hydrogen-bond acceptors (Lipinski definition) is 2. The highest BCUT2D eigenvalue weighted by molar-refractivity contribution is 5.71. The molecule has 0 aliphatic carbocycles. The minimum Gasteiger partial charge on any atom is -0.481 e. The molecular formula is C13H11F3N2O2. The summed E-state index contributed by atoms with van der Waals surface area (Å²) in [6.07, 6.45) is -0.275. The highest BCUT2D eigenvalue weighted by atomic mass is 19.2.